The number of carbonyl (C=O) groups excluding carboxylic acids is 1. The van der Waals surface area contributed by atoms with Gasteiger partial charge in [-0.15, -0.1) is 24.8 Å². The summed E-state index contributed by atoms with van der Waals surface area (Å²) in [4.78, 5) is 18.2. The summed E-state index contributed by atoms with van der Waals surface area (Å²) in [6, 6.07) is 3.21. The minimum Gasteiger partial charge on any atom is -0.489 e. The van der Waals surface area contributed by atoms with Crippen LogP contribution in [0, 0.1) is 5.92 Å². The molecule has 1 atom stereocenters. The van der Waals surface area contributed by atoms with Crippen LogP contribution in [0.15, 0.2) is 18.3 Å². The summed E-state index contributed by atoms with van der Waals surface area (Å²) in [7, 11) is 1.58. The molecule has 1 saturated heterocycles. The van der Waals surface area contributed by atoms with Gasteiger partial charge in [0, 0.05) is 32.0 Å². The summed E-state index contributed by atoms with van der Waals surface area (Å²) in [6.45, 7) is 5.31. The van der Waals surface area contributed by atoms with Gasteiger partial charge in [-0.25, -0.2) is 4.98 Å². The molecule has 8 heteroatoms. The van der Waals surface area contributed by atoms with Gasteiger partial charge >= 0.3 is 0 Å². The molecular weight excluding hydrogens is 353 g/mol. The Bertz CT molecular complexity index is 492. The smallest absolute Gasteiger partial charge is 0.239 e. The molecule has 1 fully saturated rings. The van der Waals surface area contributed by atoms with Crippen molar-refractivity contribution < 1.29 is 14.3 Å². The average Bonchev–Trinajstić information content (AvgIpc) is 2.55. The van der Waals surface area contributed by atoms with Gasteiger partial charge in [-0.05, 0) is 12.0 Å². The number of carbonyl (C=O) groups is 1. The molecule has 1 amide bonds. The highest BCUT2D eigenvalue weighted by Crippen LogP contribution is 2.20. The zero-order chi connectivity index (χ0) is 16.1. The van der Waals surface area contributed by atoms with Gasteiger partial charge in [0.15, 0.2) is 0 Å². The summed E-state index contributed by atoms with van der Waals surface area (Å²) in [6.07, 6.45) is 3.38. The van der Waals surface area contributed by atoms with Crippen molar-refractivity contribution in [1.29, 1.82) is 0 Å². The number of methoxy groups -OCH3 is 1. The number of pyridine rings is 1. The lowest BCUT2D eigenvalue weighted by Gasteiger charge is -2.34. The van der Waals surface area contributed by atoms with Crippen molar-refractivity contribution in [2.45, 2.75) is 38.8 Å². The van der Waals surface area contributed by atoms with Crippen molar-refractivity contribution in [3.63, 3.8) is 0 Å². The van der Waals surface area contributed by atoms with E-state index in [2.05, 4.69) is 4.98 Å². The lowest BCUT2D eigenvalue weighted by molar-refractivity contribution is -0.135. The number of rotatable bonds is 5. The summed E-state index contributed by atoms with van der Waals surface area (Å²) in [5, 5.41) is 0. The molecule has 24 heavy (non-hydrogen) atoms. The van der Waals surface area contributed by atoms with E-state index in [9.17, 15) is 4.79 Å². The number of aromatic nitrogens is 1. The number of ether oxygens (including phenoxy) is 2. The van der Waals surface area contributed by atoms with Crippen LogP contribution in [0.1, 0.15) is 26.7 Å². The van der Waals surface area contributed by atoms with Crippen LogP contribution in [-0.4, -0.2) is 48.1 Å². The van der Waals surface area contributed by atoms with Gasteiger partial charge in [0.1, 0.15) is 11.9 Å². The van der Waals surface area contributed by atoms with E-state index >= 15 is 0 Å². The van der Waals surface area contributed by atoms with E-state index in [4.69, 9.17) is 15.2 Å². The highest BCUT2D eigenvalue weighted by Gasteiger charge is 2.28. The fraction of sp³-hybridized carbons (Fsp3) is 0.625. The molecule has 0 radical (unpaired) electrons. The maximum absolute atomic E-state index is 12.2. The number of nitrogens with two attached hydrogens (primary N) is 1. The van der Waals surface area contributed by atoms with E-state index < -0.39 is 6.04 Å². The van der Waals surface area contributed by atoms with E-state index in [1.165, 1.54) is 0 Å². The largest absolute Gasteiger partial charge is 0.489 e. The van der Waals surface area contributed by atoms with Crippen molar-refractivity contribution in [3.05, 3.63) is 18.3 Å². The van der Waals surface area contributed by atoms with Crippen molar-refractivity contribution >= 4 is 30.7 Å². The molecular formula is C16H27Cl2N3O3. The maximum Gasteiger partial charge on any atom is 0.239 e. The Morgan fingerprint density at radius 1 is 1.29 bits per heavy atom. The van der Waals surface area contributed by atoms with Gasteiger partial charge in [-0.1, -0.05) is 13.8 Å². The first-order valence-electron chi connectivity index (χ1n) is 7.72. The van der Waals surface area contributed by atoms with Crippen molar-refractivity contribution in [3.8, 4) is 11.6 Å². The third-order valence-corrected chi connectivity index (χ3v) is 3.98. The van der Waals surface area contributed by atoms with Gasteiger partial charge < -0.3 is 20.1 Å². The predicted molar refractivity (Wildman–Crippen MR) is 98.3 cm³/mol. The van der Waals surface area contributed by atoms with Gasteiger partial charge in [-0.2, -0.15) is 0 Å². The molecule has 6 nitrogen and oxygen atoms in total. The Morgan fingerprint density at radius 3 is 2.38 bits per heavy atom. The van der Waals surface area contributed by atoms with E-state index in [0.29, 0.717) is 19.0 Å². The number of amides is 1. The quantitative estimate of drug-likeness (QED) is 0.848. The van der Waals surface area contributed by atoms with Crippen molar-refractivity contribution in [1.82, 2.24) is 9.88 Å². The predicted octanol–water partition coefficient (Wildman–Crippen LogP) is 2.29. The molecule has 0 aliphatic carbocycles. The number of hydrogen-bond acceptors (Lipinski definition) is 5. The normalized spacial score (nSPS) is 16.0. The van der Waals surface area contributed by atoms with E-state index in [-0.39, 0.29) is 42.7 Å². The van der Waals surface area contributed by atoms with Crippen LogP contribution in [0.3, 0.4) is 0 Å². The Hall–Kier alpha value is -1.24. The summed E-state index contributed by atoms with van der Waals surface area (Å²) in [5.74, 6) is 1.49. The van der Waals surface area contributed by atoms with Crippen LogP contribution >= 0.6 is 24.8 Å². The zero-order valence-electron chi connectivity index (χ0n) is 14.3. The Kier molecular flexibility index (Phi) is 10.0. The molecule has 0 saturated carbocycles. The molecule has 1 aromatic rings. The summed E-state index contributed by atoms with van der Waals surface area (Å²) < 4.78 is 10.9. The lowest BCUT2D eigenvalue weighted by atomic mass is 10.0. The fourth-order valence-electron chi connectivity index (χ4n) is 2.44. The average molecular weight is 380 g/mol. The highest BCUT2D eigenvalue weighted by atomic mass is 35.5. The standard InChI is InChI=1S/C16H25N3O3.2ClH/c1-11(2)15(17)16(20)19-8-6-12(7-9-19)22-13-4-5-14(21-3)18-10-13;;/h4-5,10-12,15H,6-9,17H2,1-3H3;2*1H/t15-;;/m0../s1. The van der Waals surface area contributed by atoms with E-state index in [1.807, 2.05) is 24.8 Å². The molecule has 1 aromatic heterocycles. The molecule has 0 unspecified atom stereocenters. The second kappa shape index (κ2) is 10.6. The van der Waals surface area contributed by atoms with Crippen LogP contribution in [0.4, 0.5) is 0 Å². The van der Waals surface area contributed by atoms with Crippen LogP contribution in [-0.2, 0) is 4.79 Å². The second-order valence-electron chi connectivity index (χ2n) is 5.95. The summed E-state index contributed by atoms with van der Waals surface area (Å²) >= 11 is 0. The van der Waals surface area contributed by atoms with E-state index in [1.54, 1.807) is 19.4 Å². The van der Waals surface area contributed by atoms with Crippen molar-refractivity contribution in [2.75, 3.05) is 20.2 Å². The molecule has 2 N–H and O–H groups in total. The number of halogens is 2. The zero-order valence-corrected chi connectivity index (χ0v) is 15.9. The highest BCUT2D eigenvalue weighted by molar-refractivity contribution is 5.85. The molecule has 2 rings (SSSR count). The number of piperidine rings is 1. The molecule has 0 bridgehead atoms. The minimum atomic E-state index is -0.414. The topological polar surface area (TPSA) is 77.7 Å². The Balaban J connectivity index is 0.00000264. The Morgan fingerprint density at radius 2 is 1.92 bits per heavy atom. The SMILES string of the molecule is COc1ccc(OC2CCN(C(=O)[C@@H](N)C(C)C)CC2)cn1.Cl.Cl. The van der Waals surface area contributed by atoms with Crippen LogP contribution in [0.5, 0.6) is 11.6 Å². The second-order valence-corrected chi connectivity index (χ2v) is 5.95. The molecule has 0 aromatic carbocycles. The third kappa shape index (κ3) is 6.00. The van der Waals surface area contributed by atoms with Crippen LogP contribution in [0.2, 0.25) is 0 Å². The minimum absolute atomic E-state index is 0. The van der Waals surface area contributed by atoms with Crippen LogP contribution in [0.25, 0.3) is 0 Å². The summed E-state index contributed by atoms with van der Waals surface area (Å²) in [5.41, 5.74) is 5.93. The molecule has 1 aliphatic rings. The monoisotopic (exact) mass is 379 g/mol. The molecule has 2 heterocycles. The number of nitrogens with zero attached hydrogens (tertiary/aromatic N) is 2. The van der Waals surface area contributed by atoms with Crippen molar-refractivity contribution in [2.24, 2.45) is 11.7 Å². The number of hydrogen-bond donors (Lipinski definition) is 1. The molecule has 138 valence electrons. The van der Waals surface area contributed by atoms with Gasteiger partial charge in [0.2, 0.25) is 11.8 Å². The van der Waals surface area contributed by atoms with Gasteiger partial charge in [0.05, 0.1) is 19.3 Å². The third-order valence-electron chi connectivity index (χ3n) is 3.98. The van der Waals surface area contributed by atoms with E-state index in [0.717, 1.165) is 18.6 Å². The number of likely N-dealkylation sites (tertiary alicyclic amines) is 1. The Labute approximate surface area is 155 Å². The first-order valence-corrected chi connectivity index (χ1v) is 7.72. The van der Waals surface area contributed by atoms with Crippen LogP contribution < -0.4 is 15.2 Å². The molecule has 1 aliphatic heterocycles. The van der Waals surface area contributed by atoms with Gasteiger partial charge in [-0.3, -0.25) is 4.79 Å². The van der Waals surface area contributed by atoms with Gasteiger partial charge in [0.25, 0.3) is 0 Å². The first kappa shape index (κ1) is 22.8. The molecule has 0 spiro atoms. The lowest BCUT2D eigenvalue weighted by Crippen LogP contribution is -2.50. The maximum atomic E-state index is 12.2. The first-order chi connectivity index (χ1) is 10.5. The fourth-order valence-corrected chi connectivity index (χ4v) is 2.44.